The summed E-state index contributed by atoms with van der Waals surface area (Å²) in [4.78, 5) is 10.8. The minimum atomic E-state index is -3.15. The Kier molecular flexibility index (Phi) is 3.72. The van der Waals surface area contributed by atoms with Gasteiger partial charge in [-0.2, -0.15) is 0 Å². The van der Waals surface area contributed by atoms with E-state index < -0.39 is 37.6 Å². The average molecular weight is 230 g/mol. The Balaban J connectivity index is 2.32. The van der Waals surface area contributed by atoms with Crippen molar-refractivity contribution in [2.24, 2.45) is 0 Å². The largest absolute Gasteiger partial charge is 0.438 e. The molecule has 1 saturated heterocycles. The van der Waals surface area contributed by atoms with Crippen LogP contribution < -0.4 is 10.6 Å². The molecule has 15 heavy (non-hydrogen) atoms. The molecule has 1 unspecified atom stereocenters. The summed E-state index contributed by atoms with van der Waals surface area (Å²) in [7, 11) is 0. The van der Waals surface area contributed by atoms with Crippen molar-refractivity contribution in [2.45, 2.75) is 18.5 Å². The van der Waals surface area contributed by atoms with Gasteiger partial charge in [0.05, 0.1) is 13.1 Å². The molecule has 2 N–H and O–H groups in total. The van der Waals surface area contributed by atoms with Gasteiger partial charge in [-0.3, -0.25) is 0 Å². The number of halogens is 4. The van der Waals surface area contributed by atoms with E-state index in [1.54, 1.807) is 5.32 Å². The van der Waals surface area contributed by atoms with Crippen LogP contribution in [-0.4, -0.2) is 44.2 Å². The van der Waals surface area contributed by atoms with Gasteiger partial charge < -0.3 is 15.4 Å². The molecule has 1 amide bonds. The van der Waals surface area contributed by atoms with Crippen molar-refractivity contribution in [3.63, 3.8) is 0 Å². The van der Waals surface area contributed by atoms with E-state index in [1.807, 2.05) is 0 Å². The lowest BCUT2D eigenvalue weighted by Gasteiger charge is -2.18. The van der Waals surface area contributed by atoms with E-state index >= 15 is 0 Å². The van der Waals surface area contributed by atoms with Gasteiger partial charge in [-0.25, -0.2) is 22.4 Å². The Bertz CT molecular complexity index is 237. The Morgan fingerprint density at radius 3 is 2.73 bits per heavy atom. The summed E-state index contributed by atoms with van der Waals surface area (Å²) < 4.78 is 53.2. The maximum Gasteiger partial charge on any atom is 0.407 e. The number of rotatable bonds is 3. The fourth-order valence-corrected chi connectivity index (χ4v) is 1.09. The van der Waals surface area contributed by atoms with Crippen LogP contribution in [0.4, 0.5) is 22.4 Å². The highest BCUT2D eigenvalue weighted by atomic mass is 19.3. The maximum absolute atomic E-state index is 12.9. The summed E-state index contributed by atoms with van der Waals surface area (Å²) in [6.07, 6.45) is -5.60. The van der Waals surface area contributed by atoms with E-state index in [1.165, 1.54) is 0 Å². The zero-order valence-electron chi connectivity index (χ0n) is 7.60. The number of carbonyl (C=O) groups excluding carboxylic acids is 1. The molecular formula is C7H10F4N2O2. The van der Waals surface area contributed by atoms with Crippen LogP contribution in [0, 0.1) is 0 Å². The van der Waals surface area contributed by atoms with Gasteiger partial charge >= 0.3 is 6.09 Å². The van der Waals surface area contributed by atoms with Crippen molar-refractivity contribution >= 4 is 6.09 Å². The van der Waals surface area contributed by atoms with Crippen LogP contribution in [0.25, 0.3) is 0 Å². The van der Waals surface area contributed by atoms with Gasteiger partial charge in [-0.05, 0) is 0 Å². The lowest BCUT2D eigenvalue weighted by Crippen LogP contribution is -2.40. The van der Waals surface area contributed by atoms with Gasteiger partial charge in [0.1, 0.15) is 0 Å². The SMILES string of the molecule is O=C(NCC(F)F)OC1CNCC1(F)F. The van der Waals surface area contributed by atoms with Crippen LogP contribution in [0.5, 0.6) is 0 Å². The molecule has 88 valence electrons. The van der Waals surface area contributed by atoms with E-state index in [0.29, 0.717) is 0 Å². The topological polar surface area (TPSA) is 50.4 Å². The highest BCUT2D eigenvalue weighted by Gasteiger charge is 2.46. The number of hydrogen-bond donors (Lipinski definition) is 2. The zero-order chi connectivity index (χ0) is 11.5. The van der Waals surface area contributed by atoms with Gasteiger partial charge in [0.25, 0.3) is 12.3 Å². The summed E-state index contributed by atoms with van der Waals surface area (Å²) in [5.74, 6) is -3.15. The molecule has 1 rings (SSSR count). The first-order valence-corrected chi connectivity index (χ1v) is 4.23. The number of alkyl carbamates (subject to hydrolysis) is 1. The van der Waals surface area contributed by atoms with E-state index in [-0.39, 0.29) is 6.54 Å². The number of hydrogen-bond acceptors (Lipinski definition) is 3. The average Bonchev–Trinajstić information content (AvgIpc) is 2.43. The number of carbonyl (C=O) groups is 1. The molecule has 1 fully saturated rings. The molecule has 0 radical (unpaired) electrons. The molecule has 0 spiro atoms. The van der Waals surface area contributed by atoms with Crippen molar-refractivity contribution in [2.75, 3.05) is 19.6 Å². The van der Waals surface area contributed by atoms with E-state index in [0.717, 1.165) is 0 Å². The first kappa shape index (κ1) is 12.0. The first-order valence-electron chi connectivity index (χ1n) is 4.23. The van der Waals surface area contributed by atoms with Crippen LogP contribution in [-0.2, 0) is 4.74 Å². The fourth-order valence-electron chi connectivity index (χ4n) is 1.09. The summed E-state index contributed by atoms with van der Waals surface area (Å²) in [5.41, 5.74) is 0. The molecule has 0 aliphatic carbocycles. The van der Waals surface area contributed by atoms with Crippen molar-refractivity contribution in [1.82, 2.24) is 10.6 Å². The Hall–Kier alpha value is -1.05. The zero-order valence-corrected chi connectivity index (χ0v) is 7.60. The van der Waals surface area contributed by atoms with Gasteiger partial charge in [0.15, 0.2) is 6.10 Å². The smallest absolute Gasteiger partial charge is 0.407 e. The Labute approximate surface area is 83.0 Å². The molecule has 8 heteroatoms. The first-order chi connectivity index (χ1) is 6.92. The Morgan fingerprint density at radius 1 is 1.60 bits per heavy atom. The predicted molar refractivity (Wildman–Crippen MR) is 42.1 cm³/mol. The molecule has 0 aromatic carbocycles. The molecule has 4 nitrogen and oxygen atoms in total. The number of ether oxygens (including phenoxy) is 1. The minimum absolute atomic E-state index is 0.185. The third kappa shape index (κ3) is 3.54. The third-order valence-corrected chi connectivity index (χ3v) is 1.81. The summed E-state index contributed by atoms with van der Waals surface area (Å²) >= 11 is 0. The second kappa shape index (κ2) is 4.65. The fraction of sp³-hybridized carbons (Fsp3) is 0.857. The quantitative estimate of drug-likeness (QED) is 0.697. The van der Waals surface area contributed by atoms with Gasteiger partial charge in [0, 0.05) is 6.54 Å². The van der Waals surface area contributed by atoms with E-state index in [2.05, 4.69) is 10.1 Å². The second-order valence-electron chi connectivity index (χ2n) is 3.06. The number of alkyl halides is 4. The van der Waals surface area contributed by atoms with Gasteiger partial charge in [-0.15, -0.1) is 0 Å². The van der Waals surface area contributed by atoms with Gasteiger partial charge in [-0.1, -0.05) is 0 Å². The molecule has 1 aliphatic rings. The molecule has 1 atom stereocenters. The molecule has 0 bridgehead atoms. The highest BCUT2D eigenvalue weighted by Crippen LogP contribution is 2.24. The van der Waals surface area contributed by atoms with Crippen molar-refractivity contribution in [1.29, 1.82) is 0 Å². The summed E-state index contributed by atoms with van der Waals surface area (Å²) in [6.45, 7) is -1.68. The van der Waals surface area contributed by atoms with Crippen LogP contribution in [0.3, 0.4) is 0 Å². The number of amides is 1. The lowest BCUT2D eigenvalue weighted by atomic mass is 10.2. The molecular weight excluding hydrogens is 220 g/mol. The predicted octanol–water partition coefficient (Wildman–Crippen LogP) is 0.585. The van der Waals surface area contributed by atoms with Crippen molar-refractivity contribution < 1.29 is 27.1 Å². The standard InChI is InChI=1S/C7H10F4N2O2/c8-5(9)2-13-6(14)15-4-1-12-3-7(4,10)11/h4-5,12H,1-3H2,(H,13,14). The normalized spacial score (nSPS) is 24.2. The minimum Gasteiger partial charge on any atom is -0.438 e. The van der Waals surface area contributed by atoms with E-state index in [4.69, 9.17) is 0 Å². The summed E-state index contributed by atoms with van der Waals surface area (Å²) in [6, 6.07) is 0. The molecule has 0 aromatic heterocycles. The maximum atomic E-state index is 12.9. The van der Waals surface area contributed by atoms with E-state index in [9.17, 15) is 22.4 Å². The van der Waals surface area contributed by atoms with Crippen LogP contribution >= 0.6 is 0 Å². The monoisotopic (exact) mass is 230 g/mol. The van der Waals surface area contributed by atoms with Gasteiger partial charge in [0.2, 0.25) is 0 Å². The highest BCUT2D eigenvalue weighted by molar-refractivity contribution is 5.67. The number of nitrogens with one attached hydrogen (secondary N) is 2. The van der Waals surface area contributed by atoms with Crippen LogP contribution in [0.15, 0.2) is 0 Å². The van der Waals surface area contributed by atoms with Crippen molar-refractivity contribution in [3.8, 4) is 0 Å². The molecule has 0 saturated carbocycles. The second-order valence-corrected chi connectivity index (χ2v) is 3.06. The van der Waals surface area contributed by atoms with Crippen LogP contribution in [0.2, 0.25) is 0 Å². The molecule has 1 aliphatic heterocycles. The van der Waals surface area contributed by atoms with Crippen molar-refractivity contribution in [3.05, 3.63) is 0 Å². The molecule has 1 heterocycles. The van der Waals surface area contributed by atoms with Crippen LogP contribution in [0.1, 0.15) is 0 Å². The third-order valence-electron chi connectivity index (χ3n) is 1.81. The Morgan fingerprint density at radius 2 is 2.27 bits per heavy atom. The lowest BCUT2D eigenvalue weighted by molar-refractivity contribution is -0.0768. The summed E-state index contributed by atoms with van der Waals surface area (Å²) in [5, 5.41) is 4.00. The molecule has 0 aromatic rings.